The third kappa shape index (κ3) is 2.43. The lowest BCUT2D eigenvalue weighted by atomic mass is 9.98. The zero-order chi connectivity index (χ0) is 13.2. The van der Waals surface area contributed by atoms with Crippen molar-refractivity contribution in [3.63, 3.8) is 0 Å². The van der Waals surface area contributed by atoms with Crippen molar-refractivity contribution in [1.29, 1.82) is 0 Å². The number of halogens is 1. The number of hydrogen-bond acceptors (Lipinski definition) is 0. The minimum Gasteiger partial charge on any atom is -0.0786 e. The van der Waals surface area contributed by atoms with E-state index in [1.54, 1.807) is 0 Å². The predicted molar refractivity (Wildman–Crippen MR) is 85.9 cm³/mol. The van der Waals surface area contributed by atoms with Gasteiger partial charge in [-0.2, -0.15) is 0 Å². The lowest BCUT2D eigenvalue weighted by Crippen LogP contribution is -1.94. The summed E-state index contributed by atoms with van der Waals surface area (Å²) in [6, 6.07) is 23.7. The smallest absolute Gasteiger partial charge is 0.0650 e. The summed E-state index contributed by atoms with van der Waals surface area (Å²) in [6.45, 7) is 2.12. The molecule has 1 unspecified atom stereocenters. The monoisotopic (exact) mass is 310 g/mol. The van der Waals surface area contributed by atoms with Crippen molar-refractivity contribution in [3.05, 3.63) is 83.4 Å². The van der Waals surface area contributed by atoms with Crippen molar-refractivity contribution >= 4 is 26.7 Å². The predicted octanol–water partition coefficient (Wildman–Crippen LogP) is 5.63. The summed E-state index contributed by atoms with van der Waals surface area (Å²) in [5.41, 5.74) is 3.91. The van der Waals surface area contributed by atoms with Gasteiger partial charge in [0.1, 0.15) is 0 Å². The van der Waals surface area contributed by atoms with Crippen LogP contribution in [0.25, 0.3) is 10.8 Å². The van der Waals surface area contributed by atoms with Gasteiger partial charge in [-0.25, -0.2) is 0 Å². The summed E-state index contributed by atoms with van der Waals surface area (Å²) in [6.07, 6.45) is 0. The average Bonchev–Trinajstić information content (AvgIpc) is 2.47. The second kappa shape index (κ2) is 5.18. The van der Waals surface area contributed by atoms with E-state index >= 15 is 0 Å². The molecule has 0 saturated heterocycles. The molecule has 0 fully saturated rings. The lowest BCUT2D eigenvalue weighted by molar-refractivity contribution is 1.19. The largest absolute Gasteiger partial charge is 0.0786 e. The SMILES string of the molecule is Cc1ccc(C(Br)c2cccc3ccccc23)cc1. The molecule has 94 valence electrons. The Hall–Kier alpha value is -1.60. The zero-order valence-corrected chi connectivity index (χ0v) is 12.4. The van der Waals surface area contributed by atoms with Crippen LogP contribution in [-0.4, -0.2) is 0 Å². The number of benzene rings is 3. The topological polar surface area (TPSA) is 0 Å². The van der Waals surface area contributed by atoms with Gasteiger partial charge in [0.05, 0.1) is 4.83 Å². The van der Waals surface area contributed by atoms with E-state index in [0.717, 1.165) is 0 Å². The van der Waals surface area contributed by atoms with Crippen LogP contribution in [0.4, 0.5) is 0 Å². The van der Waals surface area contributed by atoms with Crippen molar-refractivity contribution < 1.29 is 0 Å². The van der Waals surface area contributed by atoms with E-state index in [1.807, 2.05) is 0 Å². The lowest BCUT2D eigenvalue weighted by Gasteiger charge is -2.14. The van der Waals surface area contributed by atoms with Gasteiger partial charge in [0.25, 0.3) is 0 Å². The Morgan fingerprint density at radius 2 is 1.47 bits per heavy atom. The van der Waals surface area contributed by atoms with E-state index in [4.69, 9.17) is 0 Å². The van der Waals surface area contributed by atoms with E-state index < -0.39 is 0 Å². The molecule has 0 spiro atoms. The fourth-order valence-electron chi connectivity index (χ4n) is 2.39. The maximum atomic E-state index is 3.84. The summed E-state index contributed by atoms with van der Waals surface area (Å²) < 4.78 is 0. The van der Waals surface area contributed by atoms with Crippen LogP contribution in [0.1, 0.15) is 21.5 Å². The molecular formula is C18H15Br. The van der Waals surface area contributed by atoms with Gasteiger partial charge in [-0.15, -0.1) is 0 Å². The quantitative estimate of drug-likeness (QED) is 0.538. The van der Waals surface area contributed by atoms with Crippen LogP contribution in [0.2, 0.25) is 0 Å². The van der Waals surface area contributed by atoms with Gasteiger partial charge in [0.15, 0.2) is 0 Å². The maximum Gasteiger partial charge on any atom is 0.0650 e. The van der Waals surface area contributed by atoms with Crippen LogP contribution in [-0.2, 0) is 0 Å². The summed E-state index contributed by atoms with van der Waals surface area (Å²) in [4.78, 5) is 0.235. The molecule has 0 radical (unpaired) electrons. The Morgan fingerprint density at radius 3 is 2.26 bits per heavy atom. The molecule has 3 rings (SSSR count). The van der Waals surface area contributed by atoms with Crippen LogP contribution >= 0.6 is 15.9 Å². The second-order valence-electron chi connectivity index (χ2n) is 4.84. The summed E-state index contributed by atoms with van der Waals surface area (Å²) in [7, 11) is 0. The maximum absolute atomic E-state index is 3.84. The zero-order valence-electron chi connectivity index (χ0n) is 10.8. The van der Waals surface area contributed by atoms with E-state index in [1.165, 1.54) is 27.5 Å². The molecule has 0 aliphatic heterocycles. The molecule has 19 heavy (non-hydrogen) atoms. The average molecular weight is 311 g/mol. The van der Waals surface area contributed by atoms with Crippen LogP contribution in [0.3, 0.4) is 0 Å². The van der Waals surface area contributed by atoms with Crippen molar-refractivity contribution in [2.75, 3.05) is 0 Å². The first-order valence-corrected chi connectivity index (χ1v) is 7.35. The molecule has 3 aromatic rings. The van der Waals surface area contributed by atoms with Gasteiger partial charge >= 0.3 is 0 Å². The van der Waals surface area contributed by atoms with Crippen LogP contribution in [0, 0.1) is 6.92 Å². The molecule has 1 atom stereocenters. The molecule has 0 nitrogen and oxygen atoms in total. The van der Waals surface area contributed by atoms with Crippen molar-refractivity contribution in [2.24, 2.45) is 0 Å². The van der Waals surface area contributed by atoms with Gasteiger partial charge in [-0.3, -0.25) is 0 Å². The van der Waals surface area contributed by atoms with Crippen molar-refractivity contribution in [1.82, 2.24) is 0 Å². The fourth-order valence-corrected chi connectivity index (χ4v) is 3.09. The van der Waals surface area contributed by atoms with Crippen LogP contribution < -0.4 is 0 Å². The number of alkyl halides is 1. The van der Waals surface area contributed by atoms with Gasteiger partial charge in [0, 0.05) is 0 Å². The Balaban J connectivity index is 2.11. The molecule has 0 N–H and O–H groups in total. The number of aryl methyl sites for hydroxylation is 1. The first-order chi connectivity index (χ1) is 9.25. The Labute approximate surface area is 122 Å². The van der Waals surface area contributed by atoms with Crippen molar-refractivity contribution in [2.45, 2.75) is 11.8 Å². The summed E-state index contributed by atoms with van der Waals surface area (Å²) >= 11 is 3.84. The molecule has 0 amide bonds. The minimum absolute atomic E-state index is 0.235. The highest BCUT2D eigenvalue weighted by Gasteiger charge is 2.12. The third-order valence-corrected chi connectivity index (χ3v) is 4.49. The molecule has 0 heterocycles. The molecule has 0 saturated carbocycles. The number of hydrogen-bond donors (Lipinski definition) is 0. The Kier molecular flexibility index (Phi) is 3.39. The van der Waals surface area contributed by atoms with E-state index in [0.29, 0.717) is 0 Å². The molecule has 0 bridgehead atoms. The van der Waals surface area contributed by atoms with Gasteiger partial charge in [-0.1, -0.05) is 88.2 Å². The first kappa shape index (κ1) is 12.4. The highest BCUT2D eigenvalue weighted by Crippen LogP contribution is 2.35. The Bertz CT molecular complexity index is 693. The van der Waals surface area contributed by atoms with Crippen LogP contribution in [0.5, 0.6) is 0 Å². The van der Waals surface area contributed by atoms with Crippen LogP contribution in [0.15, 0.2) is 66.7 Å². The molecule has 0 aromatic heterocycles. The molecule has 3 aromatic carbocycles. The first-order valence-electron chi connectivity index (χ1n) is 6.44. The minimum atomic E-state index is 0.235. The van der Waals surface area contributed by atoms with Crippen molar-refractivity contribution in [3.8, 4) is 0 Å². The summed E-state index contributed by atoms with van der Waals surface area (Å²) in [5.74, 6) is 0. The van der Waals surface area contributed by atoms with E-state index in [9.17, 15) is 0 Å². The fraction of sp³-hybridized carbons (Fsp3) is 0.111. The van der Waals surface area contributed by atoms with Gasteiger partial charge in [-0.05, 0) is 28.8 Å². The molecule has 0 aliphatic rings. The third-order valence-electron chi connectivity index (χ3n) is 3.47. The summed E-state index contributed by atoms with van der Waals surface area (Å²) in [5, 5.41) is 2.60. The van der Waals surface area contributed by atoms with Gasteiger partial charge in [0.2, 0.25) is 0 Å². The second-order valence-corrected chi connectivity index (χ2v) is 5.76. The number of fused-ring (bicyclic) bond motifs is 1. The molecule has 0 aliphatic carbocycles. The highest BCUT2D eigenvalue weighted by atomic mass is 79.9. The molecular weight excluding hydrogens is 296 g/mol. The standard InChI is InChI=1S/C18H15Br/c1-13-9-11-15(12-10-13)18(19)17-8-4-6-14-5-2-3-7-16(14)17/h2-12,18H,1H3. The normalized spacial score (nSPS) is 12.5. The Morgan fingerprint density at radius 1 is 0.789 bits per heavy atom. The molecule has 1 heteroatoms. The highest BCUT2D eigenvalue weighted by molar-refractivity contribution is 9.09. The van der Waals surface area contributed by atoms with E-state index in [2.05, 4.69) is 89.6 Å². The van der Waals surface area contributed by atoms with Gasteiger partial charge < -0.3 is 0 Å². The number of rotatable bonds is 2. The van der Waals surface area contributed by atoms with E-state index in [-0.39, 0.29) is 4.83 Å².